The lowest BCUT2D eigenvalue weighted by atomic mass is 10.1. The molecule has 116 valence electrons. The molecule has 0 N–H and O–H groups in total. The summed E-state index contributed by atoms with van der Waals surface area (Å²) < 4.78 is 11.4. The van der Waals surface area contributed by atoms with Crippen molar-refractivity contribution >= 4 is 5.82 Å². The van der Waals surface area contributed by atoms with Crippen molar-refractivity contribution in [3.8, 4) is 0 Å². The van der Waals surface area contributed by atoms with Gasteiger partial charge in [0, 0.05) is 19.6 Å². The van der Waals surface area contributed by atoms with E-state index in [0.717, 1.165) is 50.1 Å². The third-order valence-corrected chi connectivity index (χ3v) is 4.41. The van der Waals surface area contributed by atoms with Crippen LogP contribution in [-0.2, 0) is 11.3 Å². The number of rotatable bonds is 3. The van der Waals surface area contributed by atoms with E-state index in [1.165, 1.54) is 0 Å². The summed E-state index contributed by atoms with van der Waals surface area (Å²) in [4.78, 5) is 4.72. The highest BCUT2D eigenvalue weighted by atomic mass is 16.5. The highest BCUT2D eigenvalue weighted by Gasteiger charge is 2.40. The first kappa shape index (κ1) is 13.7. The maximum Gasteiger partial charge on any atom is 0.151 e. The molecule has 0 unspecified atom stereocenters. The van der Waals surface area contributed by atoms with Gasteiger partial charge in [-0.3, -0.25) is 4.90 Å². The molecule has 2 aliphatic heterocycles. The molecule has 4 heterocycles. The Labute approximate surface area is 129 Å². The van der Waals surface area contributed by atoms with Crippen LogP contribution >= 0.6 is 0 Å². The fourth-order valence-corrected chi connectivity index (χ4v) is 3.35. The van der Waals surface area contributed by atoms with Gasteiger partial charge in [-0.15, -0.1) is 5.10 Å². The molecular weight excluding hydrogens is 280 g/mol. The number of hydrogen-bond acceptors (Lipinski definition) is 6. The molecule has 2 saturated heterocycles. The van der Waals surface area contributed by atoms with Crippen LogP contribution in [0.15, 0.2) is 34.9 Å². The predicted octanol–water partition coefficient (Wildman–Crippen LogP) is 1.47. The normalized spacial score (nSPS) is 25.4. The second kappa shape index (κ2) is 5.70. The van der Waals surface area contributed by atoms with Crippen molar-refractivity contribution in [3.63, 3.8) is 0 Å². The van der Waals surface area contributed by atoms with Crippen LogP contribution in [0, 0.1) is 6.92 Å². The number of likely N-dealkylation sites (tertiary alicyclic amines) is 1. The van der Waals surface area contributed by atoms with E-state index in [1.807, 2.05) is 25.1 Å². The lowest BCUT2D eigenvalue weighted by molar-refractivity contribution is 0.0301. The zero-order valence-corrected chi connectivity index (χ0v) is 12.7. The van der Waals surface area contributed by atoms with E-state index in [2.05, 4.69) is 26.1 Å². The van der Waals surface area contributed by atoms with E-state index in [9.17, 15) is 0 Å². The highest BCUT2D eigenvalue weighted by Crippen LogP contribution is 2.27. The smallest absolute Gasteiger partial charge is 0.151 e. The highest BCUT2D eigenvalue weighted by molar-refractivity contribution is 5.40. The van der Waals surface area contributed by atoms with Crippen LogP contribution in [0.2, 0.25) is 0 Å². The molecule has 0 aliphatic carbocycles. The van der Waals surface area contributed by atoms with E-state index in [-0.39, 0.29) is 6.10 Å². The second-order valence-corrected chi connectivity index (χ2v) is 5.98. The maximum absolute atomic E-state index is 5.96. The molecule has 2 aromatic heterocycles. The Morgan fingerprint density at radius 3 is 2.95 bits per heavy atom. The van der Waals surface area contributed by atoms with Gasteiger partial charge in [-0.25, -0.2) is 0 Å². The molecule has 2 atom stereocenters. The largest absolute Gasteiger partial charge is 0.468 e. The van der Waals surface area contributed by atoms with Gasteiger partial charge >= 0.3 is 0 Å². The molecule has 22 heavy (non-hydrogen) atoms. The van der Waals surface area contributed by atoms with Gasteiger partial charge in [0.15, 0.2) is 5.82 Å². The Bertz CT molecular complexity index is 614. The number of aromatic nitrogens is 2. The van der Waals surface area contributed by atoms with Gasteiger partial charge in [0.2, 0.25) is 0 Å². The molecule has 0 spiro atoms. The summed E-state index contributed by atoms with van der Waals surface area (Å²) in [6, 6.07) is 8.36. The van der Waals surface area contributed by atoms with Crippen LogP contribution in [0.5, 0.6) is 0 Å². The van der Waals surface area contributed by atoms with Crippen molar-refractivity contribution < 1.29 is 9.15 Å². The molecule has 0 aromatic carbocycles. The molecule has 4 rings (SSSR count). The molecule has 2 fully saturated rings. The number of morpholine rings is 1. The van der Waals surface area contributed by atoms with Gasteiger partial charge < -0.3 is 14.1 Å². The molecular formula is C16H20N4O2. The molecule has 6 nitrogen and oxygen atoms in total. The Hall–Kier alpha value is -1.92. The number of anilines is 1. The van der Waals surface area contributed by atoms with Crippen molar-refractivity contribution in [2.75, 3.05) is 31.1 Å². The van der Waals surface area contributed by atoms with Crippen molar-refractivity contribution in [2.45, 2.75) is 25.6 Å². The van der Waals surface area contributed by atoms with Gasteiger partial charge in [-0.1, -0.05) is 0 Å². The van der Waals surface area contributed by atoms with Gasteiger partial charge in [0.25, 0.3) is 0 Å². The minimum Gasteiger partial charge on any atom is -0.468 e. The summed E-state index contributed by atoms with van der Waals surface area (Å²) in [6.45, 7) is 6.29. The summed E-state index contributed by atoms with van der Waals surface area (Å²) in [5.41, 5.74) is 0.944. The second-order valence-electron chi connectivity index (χ2n) is 5.98. The van der Waals surface area contributed by atoms with Crippen molar-refractivity contribution in [2.24, 2.45) is 0 Å². The summed E-state index contributed by atoms with van der Waals surface area (Å²) in [7, 11) is 0. The number of aryl methyl sites for hydroxylation is 1. The predicted molar refractivity (Wildman–Crippen MR) is 81.6 cm³/mol. The number of fused-ring (bicyclic) bond motifs is 1. The number of nitrogens with zero attached hydrogens (tertiary/aromatic N) is 4. The van der Waals surface area contributed by atoms with Gasteiger partial charge in [-0.2, -0.15) is 5.10 Å². The first-order chi connectivity index (χ1) is 10.8. The zero-order chi connectivity index (χ0) is 14.9. The summed E-state index contributed by atoms with van der Waals surface area (Å²) in [5, 5.41) is 8.53. The van der Waals surface area contributed by atoms with Gasteiger partial charge in [0.05, 0.1) is 37.3 Å². The third kappa shape index (κ3) is 2.60. The Balaban J connectivity index is 1.50. The van der Waals surface area contributed by atoms with E-state index < -0.39 is 0 Å². The lowest BCUT2D eigenvalue weighted by Crippen LogP contribution is -2.51. The first-order valence-corrected chi connectivity index (χ1v) is 7.73. The monoisotopic (exact) mass is 300 g/mol. The standard InChI is InChI=1S/C16H20N4O2/c1-12-4-5-16(18-17-12)20-6-8-22-15-11-19(10-14(15)20)9-13-3-2-7-21-13/h2-5,7,14-15H,6,8-11H2,1H3/t14-,15+/m0/s1. The quantitative estimate of drug-likeness (QED) is 0.855. The Morgan fingerprint density at radius 2 is 2.18 bits per heavy atom. The van der Waals surface area contributed by atoms with Crippen LogP contribution in [0.4, 0.5) is 5.82 Å². The molecule has 0 saturated carbocycles. The number of ether oxygens (including phenoxy) is 1. The summed E-state index contributed by atoms with van der Waals surface area (Å²) in [5.74, 6) is 1.95. The summed E-state index contributed by atoms with van der Waals surface area (Å²) >= 11 is 0. The number of hydrogen-bond donors (Lipinski definition) is 0. The van der Waals surface area contributed by atoms with Crippen LogP contribution in [0.3, 0.4) is 0 Å². The van der Waals surface area contributed by atoms with Gasteiger partial charge in [-0.05, 0) is 31.2 Å². The molecule has 6 heteroatoms. The van der Waals surface area contributed by atoms with Crippen molar-refractivity contribution in [1.82, 2.24) is 15.1 Å². The van der Waals surface area contributed by atoms with Gasteiger partial charge in [0.1, 0.15) is 5.76 Å². The number of furan rings is 1. The van der Waals surface area contributed by atoms with Crippen LogP contribution < -0.4 is 4.90 Å². The van der Waals surface area contributed by atoms with E-state index in [0.29, 0.717) is 6.04 Å². The van der Waals surface area contributed by atoms with Crippen LogP contribution in [-0.4, -0.2) is 53.5 Å². The van der Waals surface area contributed by atoms with Crippen LogP contribution in [0.1, 0.15) is 11.5 Å². The average molecular weight is 300 g/mol. The fourth-order valence-electron chi connectivity index (χ4n) is 3.35. The first-order valence-electron chi connectivity index (χ1n) is 7.73. The van der Waals surface area contributed by atoms with E-state index in [4.69, 9.17) is 9.15 Å². The minimum absolute atomic E-state index is 0.229. The molecule has 0 bridgehead atoms. The van der Waals surface area contributed by atoms with E-state index >= 15 is 0 Å². The van der Waals surface area contributed by atoms with E-state index in [1.54, 1.807) is 6.26 Å². The lowest BCUT2D eigenvalue weighted by Gasteiger charge is -2.37. The van der Waals surface area contributed by atoms with Crippen molar-refractivity contribution in [1.29, 1.82) is 0 Å². The topological polar surface area (TPSA) is 54.6 Å². The molecule has 0 radical (unpaired) electrons. The fraction of sp³-hybridized carbons (Fsp3) is 0.500. The van der Waals surface area contributed by atoms with Crippen molar-refractivity contribution in [3.05, 3.63) is 42.0 Å². The average Bonchev–Trinajstić information content (AvgIpc) is 3.17. The van der Waals surface area contributed by atoms with Crippen LogP contribution in [0.25, 0.3) is 0 Å². The Morgan fingerprint density at radius 1 is 1.23 bits per heavy atom. The third-order valence-electron chi connectivity index (χ3n) is 4.41. The SMILES string of the molecule is Cc1ccc(N2CCO[C@@H]3CN(Cc4ccco4)C[C@@H]32)nn1. The molecule has 0 amide bonds. The molecule has 2 aliphatic rings. The molecule has 2 aromatic rings. The summed E-state index contributed by atoms with van der Waals surface area (Å²) in [6.07, 6.45) is 1.95. The Kier molecular flexibility index (Phi) is 3.56. The zero-order valence-electron chi connectivity index (χ0n) is 12.7. The maximum atomic E-state index is 5.96. The minimum atomic E-state index is 0.229.